The molecule has 3 aromatic heterocycles. The average molecular weight is 657 g/mol. The monoisotopic (exact) mass is 656 g/mol. The molecule has 2 aliphatic carbocycles. The number of benzene rings is 2. The first-order valence-electron chi connectivity index (χ1n) is 16.1. The molecule has 47 heavy (non-hydrogen) atoms. The number of carbonyl (C=O) groups is 1. The molecular formula is C35H37FN6O4S. The Morgan fingerprint density at radius 2 is 1.87 bits per heavy atom. The molecule has 8 rings (SSSR count). The molecule has 12 heteroatoms. The van der Waals surface area contributed by atoms with E-state index in [2.05, 4.69) is 10.6 Å². The Hall–Kier alpha value is -4.29. The highest BCUT2D eigenvalue weighted by Crippen LogP contribution is 2.40. The minimum atomic E-state index is -3.37. The number of hydrogen-bond donors (Lipinski definition) is 1. The summed E-state index contributed by atoms with van der Waals surface area (Å²) in [6.07, 6.45) is 5.37. The number of amides is 1. The van der Waals surface area contributed by atoms with Crippen LogP contribution in [0.2, 0.25) is 0 Å². The summed E-state index contributed by atoms with van der Waals surface area (Å²) in [6, 6.07) is 14.2. The maximum absolute atomic E-state index is 14.9. The smallest absolute Gasteiger partial charge is 0.254 e. The Kier molecular flexibility index (Phi) is 6.96. The van der Waals surface area contributed by atoms with Gasteiger partial charge in [-0.3, -0.25) is 4.79 Å². The number of halogens is 1. The molecule has 0 radical (unpaired) electrons. The topological polar surface area (TPSA) is 125 Å². The highest BCUT2D eigenvalue weighted by Gasteiger charge is 2.47. The molecule has 2 bridgehead atoms. The van der Waals surface area contributed by atoms with Gasteiger partial charge in [0.2, 0.25) is 0 Å². The number of carbonyl (C=O) groups excluding carboxylic acids is 1. The number of aromatic nitrogens is 4. The SMILES string of the molecule is COc1cc(C(=O)N2CC3CCC2C3N)cc2nc(-c3cc4ccc(-c5ccc(CS(C)(=O)=O)c(F)c5)nc4n3CC3CC3)n(C)c12. The lowest BCUT2D eigenvalue weighted by Crippen LogP contribution is -2.41. The molecule has 1 amide bonds. The van der Waals surface area contributed by atoms with Gasteiger partial charge in [-0.05, 0) is 73.9 Å². The van der Waals surface area contributed by atoms with Crippen LogP contribution in [0.5, 0.6) is 5.75 Å². The molecule has 2 aromatic carbocycles. The number of rotatable bonds is 8. The molecule has 244 valence electrons. The molecule has 1 aliphatic heterocycles. The van der Waals surface area contributed by atoms with E-state index in [1.807, 2.05) is 40.8 Å². The van der Waals surface area contributed by atoms with Crippen molar-refractivity contribution >= 4 is 37.8 Å². The van der Waals surface area contributed by atoms with Crippen molar-refractivity contribution in [3.63, 3.8) is 0 Å². The molecule has 2 saturated carbocycles. The van der Waals surface area contributed by atoms with Crippen LogP contribution in [0, 0.1) is 17.7 Å². The number of hydrogen-bond acceptors (Lipinski definition) is 7. The van der Waals surface area contributed by atoms with Crippen LogP contribution < -0.4 is 10.5 Å². The largest absolute Gasteiger partial charge is 0.494 e. The van der Waals surface area contributed by atoms with Gasteiger partial charge in [0.15, 0.2) is 15.7 Å². The summed E-state index contributed by atoms with van der Waals surface area (Å²) in [7, 11) is 0.185. The predicted octanol–water partition coefficient (Wildman–Crippen LogP) is 4.92. The summed E-state index contributed by atoms with van der Waals surface area (Å²) in [5.74, 6) is 1.21. The van der Waals surface area contributed by atoms with Gasteiger partial charge < -0.3 is 24.5 Å². The van der Waals surface area contributed by atoms with Gasteiger partial charge in [-0.15, -0.1) is 0 Å². The summed E-state index contributed by atoms with van der Waals surface area (Å²) >= 11 is 0. The van der Waals surface area contributed by atoms with E-state index in [1.165, 1.54) is 12.1 Å². The zero-order valence-electron chi connectivity index (χ0n) is 26.6. The number of sulfone groups is 1. The fourth-order valence-electron chi connectivity index (χ4n) is 7.59. The van der Waals surface area contributed by atoms with Crippen molar-refractivity contribution in [2.24, 2.45) is 24.6 Å². The molecule has 1 saturated heterocycles. The van der Waals surface area contributed by atoms with E-state index in [9.17, 15) is 17.6 Å². The number of piperidine rings is 1. The molecule has 3 aliphatic rings. The Morgan fingerprint density at radius 3 is 2.53 bits per heavy atom. The van der Waals surface area contributed by atoms with Gasteiger partial charge in [0.25, 0.3) is 5.91 Å². The van der Waals surface area contributed by atoms with Crippen LogP contribution in [0.25, 0.3) is 44.8 Å². The number of aryl methyl sites for hydroxylation is 1. The van der Waals surface area contributed by atoms with E-state index >= 15 is 0 Å². The average Bonchev–Trinajstić information content (AvgIpc) is 3.44. The van der Waals surface area contributed by atoms with Crippen molar-refractivity contribution in [3.8, 4) is 28.5 Å². The lowest BCUT2D eigenvalue weighted by atomic mass is 10.1. The molecular weight excluding hydrogens is 619 g/mol. The second-order valence-electron chi connectivity index (χ2n) is 13.5. The third kappa shape index (κ3) is 5.18. The minimum absolute atomic E-state index is 0.0341. The van der Waals surface area contributed by atoms with Gasteiger partial charge in [0.05, 0.1) is 29.8 Å². The van der Waals surface area contributed by atoms with Gasteiger partial charge in [0.1, 0.15) is 22.7 Å². The number of ether oxygens (including phenoxy) is 1. The van der Waals surface area contributed by atoms with Crippen LogP contribution in [0.3, 0.4) is 0 Å². The van der Waals surface area contributed by atoms with Crippen molar-refractivity contribution in [1.82, 2.24) is 24.0 Å². The predicted molar refractivity (Wildman–Crippen MR) is 178 cm³/mol. The van der Waals surface area contributed by atoms with Crippen LogP contribution in [-0.2, 0) is 29.2 Å². The van der Waals surface area contributed by atoms with Gasteiger partial charge in [-0.2, -0.15) is 0 Å². The third-order valence-electron chi connectivity index (χ3n) is 10.2. The van der Waals surface area contributed by atoms with E-state index in [0.717, 1.165) is 66.6 Å². The second-order valence-corrected chi connectivity index (χ2v) is 15.7. The van der Waals surface area contributed by atoms with Crippen molar-refractivity contribution in [2.75, 3.05) is 19.9 Å². The number of methoxy groups -OCH3 is 1. The van der Waals surface area contributed by atoms with Crippen LogP contribution in [0.1, 0.15) is 41.6 Å². The minimum Gasteiger partial charge on any atom is -0.494 e. The van der Waals surface area contributed by atoms with Crippen LogP contribution in [0.4, 0.5) is 4.39 Å². The van der Waals surface area contributed by atoms with E-state index in [4.69, 9.17) is 20.4 Å². The lowest BCUT2D eigenvalue weighted by Gasteiger charge is -2.27. The Labute approximate surface area is 272 Å². The summed E-state index contributed by atoms with van der Waals surface area (Å²) < 4.78 is 48.4. The van der Waals surface area contributed by atoms with E-state index in [-0.39, 0.29) is 29.3 Å². The number of pyridine rings is 1. The van der Waals surface area contributed by atoms with Gasteiger partial charge in [-0.1, -0.05) is 12.1 Å². The van der Waals surface area contributed by atoms with E-state index in [0.29, 0.717) is 46.5 Å². The van der Waals surface area contributed by atoms with Gasteiger partial charge in [0, 0.05) is 60.6 Å². The standard InChI is InChI=1S/C35H37FN6O4S/c1-40-32-27(13-24(15-30(32)46-2)35(43)42-17-22-9-11-28(42)31(22)37)39-34(40)29-14-21-8-10-26(38-33(21)41(29)16-19-4-5-19)20-6-7-23(25(36)12-20)18-47(3,44)45/h6-8,10,12-15,19,22,28,31H,4-5,9,11,16-18,37H2,1-3H3. The van der Waals surface area contributed by atoms with Crippen LogP contribution in [0.15, 0.2) is 48.5 Å². The molecule has 3 fully saturated rings. The van der Waals surface area contributed by atoms with Crippen molar-refractivity contribution in [3.05, 3.63) is 65.5 Å². The van der Waals surface area contributed by atoms with Crippen molar-refractivity contribution in [2.45, 2.75) is 50.1 Å². The summed E-state index contributed by atoms with van der Waals surface area (Å²) in [6.45, 7) is 1.45. The number of fused-ring (bicyclic) bond motifs is 4. The Balaban J connectivity index is 1.21. The molecule has 5 aromatic rings. The first-order chi connectivity index (χ1) is 22.5. The molecule has 3 unspecified atom stereocenters. The summed E-state index contributed by atoms with van der Waals surface area (Å²) in [4.78, 5) is 25.7. The highest BCUT2D eigenvalue weighted by molar-refractivity contribution is 7.89. The Morgan fingerprint density at radius 1 is 1.06 bits per heavy atom. The van der Waals surface area contributed by atoms with E-state index in [1.54, 1.807) is 13.2 Å². The van der Waals surface area contributed by atoms with Gasteiger partial charge >= 0.3 is 0 Å². The Bertz CT molecular complexity index is 2200. The first kappa shape index (κ1) is 30.1. The maximum atomic E-state index is 14.9. The molecule has 4 heterocycles. The van der Waals surface area contributed by atoms with Crippen molar-refractivity contribution < 1.29 is 22.3 Å². The number of nitrogens with zero attached hydrogens (tertiary/aromatic N) is 5. The van der Waals surface area contributed by atoms with Crippen LogP contribution in [-0.4, -0.2) is 70.3 Å². The number of imidazole rings is 1. The fraction of sp³-hybridized carbons (Fsp3) is 0.400. The lowest BCUT2D eigenvalue weighted by molar-refractivity contribution is 0.0700. The quantitative estimate of drug-likeness (QED) is 0.251. The fourth-order valence-corrected chi connectivity index (χ4v) is 8.39. The van der Waals surface area contributed by atoms with Crippen LogP contribution >= 0.6 is 0 Å². The molecule has 3 atom stereocenters. The van der Waals surface area contributed by atoms with E-state index < -0.39 is 15.7 Å². The summed E-state index contributed by atoms with van der Waals surface area (Å²) in [5.41, 5.74) is 11.4. The second kappa shape index (κ2) is 10.9. The number of likely N-dealkylation sites (tertiary alicyclic amines) is 1. The number of nitrogens with two attached hydrogens (primary N) is 1. The molecule has 2 N–H and O–H groups in total. The molecule has 10 nitrogen and oxygen atoms in total. The first-order valence-corrected chi connectivity index (χ1v) is 18.1. The van der Waals surface area contributed by atoms with Crippen molar-refractivity contribution in [1.29, 1.82) is 0 Å². The summed E-state index contributed by atoms with van der Waals surface area (Å²) in [5, 5.41) is 0.925. The normalized spacial score (nSPS) is 21.0. The highest BCUT2D eigenvalue weighted by atomic mass is 32.2. The third-order valence-corrected chi connectivity index (χ3v) is 11.0. The zero-order chi connectivity index (χ0) is 32.8. The zero-order valence-corrected chi connectivity index (χ0v) is 27.4. The molecule has 0 spiro atoms. The van der Waals surface area contributed by atoms with Gasteiger partial charge in [-0.25, -0.2) is 22.8 Å². The maximum Gasteiger partial charge on any atom is 0.254 e.